The van der Waals surface area contributed by atoms with Crippen LogP contribution >= 0.6 is 27.5 Å². The van der Waals surface area contributed by atoms with Crippen molar-refractivity contribution in [3.05, 3.63) is 45.6 Å². The predicted molar refractivity (Wildman–Crippen MR) is 89.0 cm³/mol. The van der Waals surface area contributed by atoms with Crippen molar-refractivity contribution in [3.63, 3.8) is 0 Å². The molecular formula is C15H15BrClFN2O. The van der Waals surface area contributed by atoms with Gasteiger partial charge in [-0.3, -0.25) is 0 Å². The first-order valence-corrected chi connectivity index (χ1v) is 7.51. The molecule has 21 heavy (non-hydrogen) atoms. The summed E-state index contributed by atoms with van der Waals surface area (Å²) in [5, 5.41) is 3.75. The minimum atomic E-state index is -0.484. The SMILES string of the molecule is CC(C)Oc1cc(Nc2ccc(Cl)cc2Br)c(N)cc1F. The molecule has 3 nitrogen and oxygen atoms in total. The Labute approximate surface area is 136 Å². The first-order valence-electron chi connectivity index (χ1n) is 6.34. The molecule has 0 atom stereocenters. The average molecular weight is 374 g/mol. The highest BCUT2D eigenvalue weighted by Gasteiger charge is 2.12. The van der Waals surface area contributed by atoms with Crippen LogP contribution in [-0.2, 0) is 0 Å². The molecule has 2 aromatic rings. The zero-order chi connectivity index (χ0) is 15.6. The van der Waals surface area contributed by atoms with Crippen molar-refractivity contribution in [1.29, 1.82) is 0 Å². The van der Waals surface area contributed by atoms with Gasteiger partial charge in [-0.15, -0.1) is 0 Å². The van der Waals surface area contributed by atoms with Crippen LogP contribution in [0.3, 0.4) is 0 Å². The van der Waals surface area contributed by atoms with Crippen molar-refractivity contribution in [2.24, 2.45) is 0 Å². The van der Waals surface area contributed by atoms with Crippen molar-refractivity contribution in [2.45, 2.75) is 20.0 Å². The van der Waals surface area contributed by atoms with Crippen molar-refractivity contribution >= 4 is 44.6 Å². The molecule has 0 radical (unpaired) electrons. The smallest absolute Gasteiger partial charge is 0.167 e. The maximum absolute atomic E-state index is 13.8. The van der Waals surface area contributed by atoms with Crippen LogP contribution in [0.15, 0.2) is 34.8 Å². The van der Waals surface area contributed by atoms with Gasteiger partial charge in [0.05, 0.1) is 23.2 Å². The van der Waals surface area contributed by atoms with E-state index in [4.69, 9.17) is 22.1 Å². The monoisotopic (exact) mass is 372 g/mol. The van der Waals surface area contributed by atoms with Gasteiger partial charge >= 0.3 is 0 Å². The van der Waals surface area contributed by atoms with Gasteiger partial charge in [-0.25, -0.2) is 4.39 Å². The number of hydrogen-bond donors (Lipinski definition) is 2. The molecule has 0 aromatic heterocycles. The van der Waals surface area contributed by atoms with Gasteiger partial charge in [-0.05, 0) is 48.0 Å². The summed E-state index contributed by atoms with van der Waals surface area (Å²) in [5.41, 5.74) is 7.48. The van der Waals surface area contributed by atoms with E-state index in [2.05, 4.69) is 21.2 Å². The lowest BCUT2D eigenvalue weighted by molar-refractivity contribution is 0.231. The first-order chi connectivity index (χ1) is 9.86. The number of nitrogens with one attached hydrogen (secondary N) is 1. The number of hydrogen-bond acceptors (Lipinski definition) is 3. The Morgan fingerprint density at radius 3 is 2.57 bits per heavy atom. The number of halogens is 3. The van der Waals surface area contributed by atoms with Crippen LogP contribution in [0.5, 0.6) is 5.75 Å². The third-order valence-corrected chi connectivity index (χ3v) is 3.56. The summed E-state index contributed by atoms with van der Waals surface area (Å²) in [5.74, 6) is -0.325. The second kappa shape index (κ2) is 6.54. The summed E-state index contributed by atoms with van der Waals surface area (Å²) < 4.78 is 20.0. The Morgan fingerprint density at radius 2 is 1.95 bits per heavy atom. The van der Waals surface area contributed by atoms with Gasteiger partial charge in [0.15, 0.2) is 11.6 Å². The van der Waals surface area contributed by atoms with Crippen LogP contribution in [0.4, 0.5) is 21.5 Å². The molecule has 2 rings (SSSR count). The van der Waals surface area contributed by atoms with Crippen LogP contribution in [0.2, 0.25) is 5.02 Å². The lowest BCUT2D eigenvalue weighted by Gasteiger charge is -2.15. The quantitative estimate of drug-likeness (QED) is 0.710. The van der Waals surface area contributed by atoms with Gasteiger partial charge in [0.1, 0.15) is 0 Å². The molecule has 0 bridgehead atoms. The minimum absolute atomic E-state index is 0.127. The van der Waals surface area contributed by atoms with Gasteiger partial charge in [0.25, 0.3) is 0 Å². The number of nitrogens with two attached hydrogens (primary N) is 1. The Hall–Kier alpha value is -1.46. The molecule has 0 heterocycles. The third-order valence-electron chi connectivity index (χ3n) is 2.67. The lowest BCUT2D eigenvalue weighted by atomic mass is 10.2. The molecule has 0 unspecified atom stereocenters. The minimum Gasteiger partial charge on any atom is -0.488 e. The fourth-order valence-corrected chi connectivity index (χ4v) is 2.54. The highest BCUT2D eigenvalue weighted by Crippen LogP contribution is 2.34. The highest BCUT2D eigenvalue weighted by molar-refractivity contribution is 9.10. The molecule has 0 spiro atoms. The van der Waals surface area contributed by atoms with Crippen molar-refractivity contribution in [1.82, 2.24) is 0 Å². The number of ether oxygens (including phenoxy) is 1. The zero-order valence-electron chi connectivity index (χ0n) is 11.6. The van der Waals surface area contributed by atoms with E-state index in [1.165, 1.54) is 6.07 Å². The van der Waals surface area contributed by atoms with E-state index < -0.39 is 5.82 Å². The van der Waals surface area contributed by atoms with Gasteiger partial charge in [-0.2, -0.15) is 0 Å². The van der Waals surface area contributed by atoms with Crippen LogP contribution < -0.4 is 15.8 Å². The maximum Gasteiger partial charge on any atom is 0.167 e. The second-order valence-electron chi connectivity index (χ2n) is 4.79. The van der Waals surface area contributed by atoms with E-state index in [0.717, 1.165) is 10.2 Å². The Kier molecular flexibility index (Phi) is 4.96. The predicted octanol–water partition coefficient (Wildman–Crippen LogP) is 5.35. The number of nitrogen functional groups attached to an aromatic ring is 1. The van der Waals surface area contributed by atoms with Crippen LogP contribution in [0.1, 0.15) is 13.8 Å². The summed E-state index contributed by atoms with van der Waals surface area (Å²) in [7, 11) is 0. The molecule has 0 aliphatic heterocycles. The fraction of sp³-hybridized carbons (Fsp3) is 0.200. The first kappa shape index (κ1) is 15.9. The summed E-state index contributed by atoms with van der Waals surface area (Å²) in [6.07, 6.45) is -0.127. The largest absolute Gasteiger partial charge is 0.488 e. The van der Waals surface area contributed by atoms with Crippen molar-refractivity contribution in [3.8, 4) is 5.75 Å². The van der Waals surface area contributed by atoms with Crippen molar-refractivity contribution < 1.29 is 9.13 Å². The van der Waals surface area contributed by atoms with Gasteiger partial charge in [0, 0.05) is 21.6 Å². The molecule has 0 fully saturated rings. The standard InChI is InChI=1S/C15H15BrClFN2O/c1-8(2)21-15-7-14(12(19)6-11(15)18)20-13-4-3-9(17)5-10(13)16/h3-8,20H,19H2,1-2H3. The zero-order valence-corrected chi connectivity index (χ0v) is 13.9. The van der Waals surface area contributed by atoms with E-state index in [1.54, 1.807) is 24.3 Å². The van der Waals surface area contributed by atoms with Crippen molar-refractivity contribution in [2.75, 3.05) is 11.1 Å². The Morgan fingerprint density at radius 1 is 1.24 bits per heavy atom. The van der Waals surface area contributed by atoms with Gasteiger partial charge in [0.2, 0.25) is 0 Å². The molecule has 0 amide bonds. The summed E-state index contributed by atoms with van der Waals surface area (Å²) in [6.45, 7) is 3.66. The molecule has 2 aromatic carbocycles. The lowest BCUT2D eigenvalue weighted by Crippen LogP contribution is -2.08. The normalized spacial score (nSPS) is 10.8. The molecule has 0 aliphatic carbocycles. The molecular weight excluding hydrogens is 359 g/mol. The van der Waals surface area contributed by atoms with E-state index in [-0.39, 0.29) is 11.9 Å². The number of rotatable bonds is 4. The van der Waals surface area contributed by atoms with Gasteiger partial charge < -0.3 is 15.8 Å². The van der Waals surface area contributed by atoms with E-state index >= 15 is 0 Å². The summed E-state index contributed by atoms with van der Waals surface area (Å²) >= 11 is 9.31. The van der Waals surface area contributed by atoms with Crippen LogP contribution in [0, 0.1) is 5.82 Å². The Balaban J connectivity index is 2.34. The fourth-order valence-electron chi connectivity index (χ4n) is 1.76. The molecule has 0 aliphatic rings. The van der Waals surface area contributed by atoms with E-state index in [0.29, 0.717) is 16.4 Å². The molecule has 112 valence electrons. The van der Waals surface area contributed by atoms with Gasteiger partial charge in [-0.1, -0.05) is 11.6 Å². The van der Waals surface area contributed by atoms with Crippen LogP contribution in [0.25, 0.3) is 0 Å². The van der Waals surface area contributed by atoms with E-state index in [1.807, 2.05) is 13.8 Å². The molecule has 6 heteroatoms. The second-order valence-corrected chi connectivity index (χ2v) is 6.08. The molecule has 0 saturated heterocycles. The summed E-state index contributed by atoms with van der Waals surface area (Å²) in [4.78, 5) is 0. The maximum atomic E-state index is 13.8. The van der Waals surface area contributed by atoms with Crippen LogP contribution in [-0.4, -0.2) is 6.10 Å². The number of anilines is 3. The Bertz CT molecular complexity index is 664. The van der Waals surface area contributed by atoms with E-state index in [9.17, 15) is 4.39 Å². The molecule has 3 N–H and O–H groups in total. The number of benzene rings is 2. The average Bonchev–Trinajstić information content (AvgIpc) is 2.37. The molecule has 0 saturated carbocycles. The third kappa shape index (κ3) is 4.02. The highest BCUT2D eigenvalue weighted by atomic mass is 79.9. The topological polar surface area (TPSA) is 47.3 Å². The summed E-state index contributed by atoms with van der Waals surface area (Å²) in [6, 6.07) is 8.10.